The molecule has 0 saturated heterocycles. The van der Waals surface area contributed by atoms with Crippen molar-refractivity contribution in [2.45, 2.75) is 64.5 Å². The Kier molecular flexibility index (Phi) is 4.86. The summed E-state index contributed by atoms with van der Waals surface area (Å²) in [6.45, 7) is 6.03. The van der Waals surface area contributed by atoms with Gasteiger partial charge in [-0.2, -0.15) is 0 Å². The van der Waals surface area contributed by atoms with Crippen molar-refractivity contribution in [1.29, 1.82) is 0 Å². The van der Waals surface area contributed by atoms with Crippen LogP contribution in [0.1, 0.15) is 52.9 Å². The summed E-state index contributed by atoms with van der Waals surface area (Å²) in [7, 11) is 0. The van der Waals surface area contributed by atoms with E-state index in [1.165, 1.54) is 19.3 Å². The Morgan fingerprint density at radius 1 is 1.17 bits per heavy atom. The third-order valence-corrected chi connectivity index (χ3v) is 5.34. The van der Waals surface area contributed by atoms with Gasteiger partial charge in [-0.25, -0.2) is 0 Å². The summed E-state index contributed by atoms with van der Waals surface area (Å²) in [6, 6.07) is 7.97. The van der Waals surface area contributed by atoms with E-state index in [0.717, 1.165) is 24.3 Å². The van der Waals surface area contributed by atoms with Crippen molar-refractivity contribution in [2.24, 2.45) is 23.5 Å². The maximum atomic E-state index is 12.8. The van der Waals surface area contributed by atoms with E-state index >= 15 is 0 Å². The van der Waals surface area contributed by atoms with E-state index in [1.807, 2.05) is 45.0 Å². The number of nitrogens with one attached hydrogen (secondary N) is 1. The third kappa shape index (κ3) is 3.92. The molecule has 132 valence electrons. The molecule has 0 aromatic heterocycles. The Labute approximate surface area is 145 Å². The van der Waals surface area contributed by atoms with E-state index in [-0.39, 0.29) is 17.4 Å². The van der Waals surface area contributed by atoms with Crippen molar-refractivity contribution < 1.29 is 9.53 Å². The summed E-state index contributed by atoms with van der Waals surface area (Å²) in [5.41, 5.74) is 6.81. The molecule has 0 radical (unpaired) electrons. The van der Waals surface area contributed by atoms with E-state index in [4.69, 9.17) is 10.5 Å². The minimum atomic E-state index is -0.296. The van der Waals surface area contributed by atoms with E-state index in [1.54, 1.807) is 0 Å². The summed E-state index contributed by atoms with van der Waals surface area (Å²) in [5.74, 6) is 1.93. The Morgan fingerprint density at radius 2 is 1.79 bits per heavy atom. The molecule has 1 aromatic rings. The van der Waals surface area contributed by atoms with Gasteiger partial charge in [0.2, 0.25) is 5.91 Å². The van der Waals surface area contributed by atoms with Crippen LogP contribution in [-0.2, 0) is 4.79 Å². The van der Waals surface area contributed by atoms with Gasteiger partial charge in [-0.1, -0.05) is 18.6 Å². The number of ether oxygens (including phenoxy) is 1. The number of fused-ring (bicyclic) bond motifs is 2. The molecular weight excluding hydrogens is 300 g/mol. The lowest BCUT2D eigenvalue weighted by Crippen LogP contribution is -2.48. The van der Waals surface area contributed by atoms with Gasteiger partial charge in [-0.15, -0.1) is 0 Å². The van der Waals surface area contributed by atoms with Crippen molar-refractivity contribution >= 4 is 11.6 Å². The average Bonchev–Trinajstić information content (AvgIpc) is 2.47. The standard InChI is InChI=1S/C20H30N2O2/c1-20(2,3)24-17-10-5-4-9-16(17)22-19(23)15-11-13-7-6-8-14(12-15)18(13)21/h4-5,9-10,13-15,18H,6-8,11-12,21H2,1-3H3,(H,22,23). The van der Waals surface area contributed by atoms with Crippen molar-refractivity contribution in [3.8, 4) is 5.75 Å². The summed E-state index contributed by atoms with van der Waals surface area (Å²) in [6.07, 6.45) is 5.45. The lowest BCUT2D eigenvalue weighted by molar-refractivity contribution is -0.122. The molecule has 2 aliphatic carbocycles. The molecule has 3 N–H and O–H groups in total. The highest BCUT2D eigenvalue weighted by Gasteiger charge is 2.40. The summed E-state index contributed by atoms with van der Waals surface area (Å²) in [4.78, 5) is 12.8. The zero-order valence-electron chi connectivity index (χ0n) is 15.0. The van der Waals surface area contributed by atoms with Gasteiger partial charge < -0.3 is 15.8 Å². The predicted molar refractivity (Wildman–Crippen MR) is 97.0 cm³/mol. The molecular formula is C20H30N2O2. The van der Waals surface area contributed by atoms with Crippen LogP contribution in [0.5, 0.6) is 5.75 Å². The number of carbonyl (C=O) groups is 1. The van der Waals surface area contributed by atoms with Crippen LogP contribution < -0.4 is 15.8 Å². The fourth-order valence-electron chi connectivity index (χ4n) is 4.23. The normalized spacial score (nSPS) is 29.8. The SMILES string of the molecule is CC(C)(C)Oc1ccccc1NC(=O)C1CC2CCCC(C1)C2N. The lowest BCUT2D eigenvalue weighted by atomic mass is 9.65. The third-order valence-electron chi connectivity index (χ3n) is 5.34. The molecule has 2 bridgehead atoms. The number of rotatable bonds is 3. The van der Waals surface area contributed by atoms with Gasteiger partial charge in [0.1, 0.15) is 11.4 Å². The highest BCUT2D eigenvalue weighted by Crippen LogP contribution is 2.42. The fraction of sp³-hybridized carbons (Fsp3) is 0.650. The van der Waals surface area contributed by atoms with Crippen LogP contribution in [0.2, 0.25) is 0 Å². The molecule has 0 heterocycles. The quantitative estimate of drug-likeness (QED) is 0.882. The molecule has 2 saturated carbocycles. The van der Waals surface area contributed by atoms with E-state index in [0.29, 0.717) is 17.9 Å². The van der Waals surface area contributed by atoms with Crippen molar-refractivity contribution in [3.63, 3.8) is 0 Å². The highest BCUT2D eigenvalue weighted by molar-refractivity contribution is 5.94. The molecule has 1 amide bonds. The Bertz CT molecular complexity index is 580. The topological polar surface area (TPSA) is 64.3 Å². The van der Waals surface area contributed by atoms with Crippen LogP contribution in [0.3, 0.4) is 0 Å². The van der Waals surface area contributed by atoms with Crippen molar-refractivity contribution in [1.82, 2.24) is 0 Å². The largest absolute Gasteiger partial charge is 0.486 e. The monoisotopic (exact) mass is 330 g/mol. The molecule has 0 aliphatic heterocycles. The lowest BCUT2D eigenvalue weighted by Gasteiger charge is -2.43. The number of carbonyl (C=O) groups excluding carboxylic acids is 1. The van der Waals surface area contributed by atoms with Gasteiger partial charge >= 0.3 is 0 Å². The zero-order chi connectivity index (χ0) is 17.3. The van der Waals surface area contributed by atoms with Crippen LogP contribution in [-0.4, -0.2) is 17.6 Å². The second kappa shape index (κ2) is 6.75. The zero-order valence-corrected chi connectivity index (χ0v) is 15.0. The molecule has 3 rings (SSSR count). The second-order valence-electron chi connectivity index (χ2n) is 8.40. The van der Waals surface area contributed by atoms with E-state index in [2.05, 4.69) is 5.32 Å². The van der Waals surface area contributed by atoms with Crippen LogP contribution in [0.25, 0.3) is 0 Å². The second-order valence-corrected chi connectivity index (χ2v) is 8.40. The fourth-order valence-corrected chi connectivity index (χ4v) is 4.23. The first-order chi connectivity index (χ1) is 11.3. The van der Waals surface area contributed by atoms with E-state index < -0.39 is 0 Å². The molecule has 2 unspecified atom stereocenters. The number of anilines is 1. The number of benzene rings is 1. The molecule has 4 nitrogen and oxygen atoms in total. The van der Waals surface area contributed by atoms with Gasteiger partial charge in [0.25, 0.3) is 0 Å². The molecule has 2 aliphatic rings. The van der Waals surface area contributed by atoms with Crippen LogP contribution >= 0.6 is 0 Å². The Hall–Kier alpha value is -1.55. The number of para-hydroxylation sites is 2. The maximum absolute atomic E-state index is 12.8. The Balaban J connectivity index is 1.69. The minimum Gasteiger partial charge on any atom is -0.486 e. The number of hydrogen-bond acceptors (Lipinski definition) is 3. The van der Waals surface area contributed by atoms with Gasteiger partial charge in [0, 0.05) is 12.0 Å². The summed E-state index contributed by atoms with van der Waals surface area (Å²) in [5, 5.41) is 3.10. The maximum Gasteiger partial charge on any atom is 0.227 e. The van der Waals surface area contributed by atoms with Crippen molar-refractivity contribution in [2.75, 3.05) is 5.32 Å². The predicted octanol–water partition coefficient (Wildman–Crippen LogP) is 3.96. The minimum absolute atomic E-state index is 0.0720. The number of hydrogen-bond donors (Lipinski definition) is 2. The molecule has 1 aromatic carbocycles. The number of amides is 1. The average molecular weight is 330 g/mol. The summed E-state index contributed by atoms with van der Waals surface area (Å²) < 4.78 is 5.98. The Morgan fingerprint density at radius 3 is 2.42 bits per heavy atom. The van der Waals surface area contributed by atoms with Crippen LogP contribution in [0, 0.1) is 17.8 Å². The first-order valence-corrected chi connectivity index (χ1v) is 9.18. The van der Waals surface area contributed by atoms with Crippen LogP contribution in [0.15, 0.2) is 24.3 Å². The van der Waals surface area contributed by atoms with E-state index in [9.17, 15) is 4.79 Å². The first kappa shape index (κ1) is 17.3. The van der Waals surface area contributed by atoms with Gasteiger partial charge in [0.15, 0.2) is 0 Å². The van der Waals surface area contributed by atoms with Gasteiger partial charge in [0.05, 0.1) is 5.69 Å². The van der Waals surface area contributed by atoms with Gasteiger partial charge in [-0.05, 0) is 70.4 Å². The molecule has 2 atom stereocenters. The highest BCUT2D eigenvalue weighted by atomic mass is 16.5. The van der Waals surface area contributed by atoms with Crippen molar-refractivity contribution in [3.05, 3.63) is 24.3 Å². The number of nitrogens with two attached hydrogens (primary N) is 1. The smallest absolute Gasteiger partial charge is 0.227 e. The molecule has 2 fully saturated rings. The first-order valence-electron chi connectivity index (χ1n) is 9.18. The molecule has 0 spiro atoms. The molecule has 4 heteroatoms. The van der Waals surface area contributed by atoms with Gasteiger partial charge in [-0.3, -0.25) is 4.79 Å². The summed E-state index contributed by atoms with van der Waals surface area (Å²) >= 11 is 0. The van der Waals surface area contributed by atoms with Crippen LogP contribution in [0.4, 0.5) is 5.69 Å². The molecule has 24 heavy (non-hydrogen) atoms.